The lowest BCUT2D eigenvalue weighted by atomic mass is 10.1. The summed E-state index contributed by atoms with van der Waals surface area (Å²) < 4.78 is 96.3. The van der Waals surface area contributed by atoms with Crippen molar-refractivity contribution in [2.24, 2.45) is 7.05 Å². The molecule has 5 nitrogen and oxygen atoms in total. The van der Waals surface area contributed by atoms with Gasteiger partial charge in [0.05, 0.1) is 16.8 Å². The summed E-state index contributed by atoms with van der Waals surface area (Å²) in [6, 6.07) is 5.86. The van der Waals surface area contributed by atoms with E-state index < -0.39 is 35.0 Å². The van der Waals surface area contributed by atoms with Crippen LogP contribution in [0.3, 0.4) is 0 Å². The van der Waals surface area contributed by atoms with Crippen molar-refractivity contribution in [1.82, 2.24) is 19.1 Å². The molecule has 0 saturated carbocycles. The van der Waals surface area contributed by atoms with Crippen LogP contribution in [0.5, 0.6) is 0 Å². The van der Waals surface area contributed by atoms with Gasteiger partial charge in [0.2, 0.25) is 0 Å². The van der Waals surface area contributed by atoms with Gasteiger partial charge in [0, 0.05) is 24.1 Å². The van der Waals surface area contributed by atoms with E-state index in [-0.39, 0.29) is 40.4 Å². The Morgan fingerprint density at radius 3 is 2.22 bits per heavy atom. The van der Waals surface area contributed by atoms with Crippen LogP contribution in [0.4, 0.5) is 30.7 Å². The number of alkyl halides is 6. The molecule has 0 bridgehead atoms. The molecule has 13 heteroatoms. The van der Waals surface area contributed by atoms with E-state index in [1.807, 2.05) is 6.92 Å². The second kappa shape index (κ2) is 9.51. The third-order valence-corrected chi connectivity index (χ3v) is 6.61. The van der Waals surface area contributed by atoms with Crippen LogP contribution in [0.25, 0.3) is 33.8 Å². The van der Waals surface area contributed by atoms with E-state index >= 15 is 0 Å². The fourth-order valence-electron chi connectivity index (χ4n) is 4.01. The van der Waals surface area contributed by atoms with E-state index in [1.165, 1.54) is 36.4 Å². The first kappa shape index (κ1) is 26.7. The number of benzene rings is 1. The average Bonchev–Trinajstić information content (AvgIpc) is 3.14. The van der Waals surface area contributed by atoms with Gasteiger partial charge in [-0.25, -0.2) is 14.4 Å². The molecule has 0 atom stereocenters. The third-order valence-electron chi connectivity index (χ3n) is 5.68. The molecule has 3 aromatic heterocycles. The van der Waals surface area contributed by atoms with Crippen molar-refractivity contribution in [2.45, 2.75) is 37.6 Å². The minimum Gasteiger partial charge on any atom is -0.321 e. The molecule has 0 aliphatic heterocycles. The standard InChI is InChI=1S/C24H19F7N4OS/c1-4-35-18(24(29,30)31)11-16-20(22(35)36)34(3)21(33-16)19-17(37-5-2)9-8-15(32-19)13-7-6-12(10-14(13)25)23(26,27)28/h6-11H,4-5H2,1-3H3. The molecule has 0 fully saturated rings. The van der Waals surface area contributed by atoms with Crippen LogP contribution < -0.4 is 5.56 Å². The highest BCUT2D eigenvalue weighted by atomic mass is 32.2. The molecule has 1 aromatic carbocycles. The molecule has 0 unspecified atom stereocenters. The highest BCUT2D eigenvalue weighted by Gasteiger charge is 2.36. The van der Waals surface area contributed by atoms with Crippen LogP contribution in [0, 0.1) is 5.82 Å². The molecule has 196 valence electrons. The monoisotopic (exact) mass is 544 g/mol. The summed E-state index contributed by atoms with van der Waals surface area (Å²) in [5.41, 5.74) is -3.51. The molecular weight excluding hydrogens is 525 g/mol. The molecule has 3 heterocycles. The van der Waals surface area contributed by atoms with Crippen molar-refractivity contribution >= 4 is 22.8 Å². The number of rotatable bonds is 5. The molecule has 0 saturated heterocycles. The highest BCUT2D eigenvalue weighted by molar-refractivity contribution is 7.99. The number of aromatic nitrogens is 4. The van der Waals surface area contributed by atoms with Gasteiger partial charge in [-0.15, -0.1) is 11.8 Å². The summed E-state index contributed by atoms with van der Waals surface area (Å²) >= 11 is 1.33. The number of aryl methyl sites for hydroxylation is 1. The van der Waals surface area contributed by atoms with Crippen LogP contribution in [0.1, 0.15) is 25.1 Å². The van der Waals surface area contributed by atoms with E-state index in [1.54, 1.807) is 6.07 Å². The van der Waals surface area contributed by atoms with Crippen molar-refractivity contribution < 1.29 is 30.7 Å². The predicted molar refractivity (Wildman–Crippen MR) is 126 cm³/mol. The Bertz CT molecular complexity index is 1550. The van der Waals surface area contributed by atoms with Crippen molar-refractivity contribution in [1.29, 1.82) is 0 Å². The molecule has 4 aromatic rings. The molecule has 0 amide bonds. The minimum absolute atomic E-state index is 0.00400. The Morgan fingerprint density at radius 1 is 0.946 bits per heavy atom. The van der Waals surface area contributed by atoms with Crippen LogP contribution >= 0.6 is 11.8 Å². The summed E-state index contributed by atoms with van der Waals surface area (Å²) in [4.78, 5) is 22.2. The van der Waals surface area contributed by atoms with E-state index in [2.05, 4.69) is 9.97 Å². The molecule has 37 heavy (non-hydrogen) atoms. The van der Waals surface area contributed by atoms with Gasteiger partial charge in [-0.2, -0.15) is 26.3 Å². The molecule has 0 spiro atoms. The maximum atomic E-state index is 14.7. The van der Waals surface area contributed by atoms with Crippen LogP contribution in [0.2, 0.25) is 0 Å². The lowest BCUT2D eigenvalue weighted by molar-refractivity contribution is -0.144. The van der Waals surface area contributed by atoms with Gasteiger partial charge in [0.25, 0.3) is 5.56 Å². The van der Waals surface area contributed by atoms with Crippen LogP contribution in [0.15, 0.2) is 46.1 Å². The van der Waals surface area contributed by atoms with Crippen LogP contribution in [-0.2, 0) is 25.9 Å². The van der Waals surface area contributed by atoms with Gasteiger partial charge in [-0.05, 0) is 49.1 Å². The lowest BCUT2D eigenvalue weighted by Gasteiger charge is -2.14. The second-order valence-electron chi connectivity index (χ2n) is 7.97. The molecule has 0 aliphatic rings. The lowest BCUT2D eigenvalue weighted by Crippen LogP contribution is -2.28. The smallest absolute Gasteiger partial charge is 0.321 e. The fraction of sp³-hybridized carbons (Fsp3) is 0.292. The molecule has 0 aliphatic carbocycles. The molecule has 0 radical (unpaired) electrons. The highest BCUT2D eigenvalue weighted by Crippen LogP contribution is 2.37. The van der Waals surface area contributed by atoms with Gasteiger partial charge < -0.3 is 9.13 Å². The van der Waals surface area contributed by atoms with Gasteiger partial charge in [-0.1, -0.05) is 6.92 Å². The topological polar surface area (TPSA) is 52.7 Å². The van der Waals surface area contributed by atoms with Gasteiger partial charge in [-0.3, -0.25) is 4.79 Å². The summed E-state index contributed by atoms with van der Waals surface area (Å²) in [6.07, 6.45) is -9.52. The Hall–Kier alpha value is -3.35. The number of hydrogen-bond acceptors (Lipinski definition) is 4. The van der Waals surface area contributed by atoms with E-state index in [0.717, 1.165) is 18.2 Å². The summed E-state index contributed by atoms with van der Waals surface area (Å²) in [5, 5.41) is 0. The normalized spacial score (nSPS) is 12.5. The Balaban J connectivity index is 1.96. The Labute approximate surface area is 210 Å². The first-order chi connectivity index (χ1) is 17.3. The number of pyridine rings is 2. The number of hydrogen-bond donors (Lipinski definition) is 0. The van der Waals surface area contributed by atoms with Crippen LogP contribution in [-0.4, -0.2) is 24.9 Å². The first-order valence-corrected chi connectivity index (χ1v) is 11.9. The molecular formula is C24H19F7N4OS. The Kier molecular flexibility index (Phi) is 6.86. The van der Waals surface area contributed by atoms with Gasteiger partial charge >= 0.3 is 12.4 Å². The van der Waals surface area contributed by atoms with Crippen molar-refractivity contribution in [2.75, 3.05) is 5.75 Å². The number of thioether (sulfide) groups is 1. The van der Waals surface area contributed by atoms with Gasteiger partial charge in [0.1, 0.15) is 22.7 Å². The molecule has 0 N–H and O–H groups in total. The maximum Gasteiger partial charge on any atom is 0.431 e. The quantitative estimate of drug-likeness (QED) is 0.206. The third kappa shape index (κ3) is 4.83. The van der Waals surface area contributed by atoms with E-state index in [4.69, 9.17) is 0 Å². The molecule has 4 rings (SSSR count). The largest absolute Gasteiger partial charge is 0.431 e. The fourth-order valence-corrected chi connectivity index (χ4v) is 4.76. The maximum absolute atomic E-state index is 14.7. The number of halogens is 7. The zero-order valence-electron chi connectivity index (χ0n) is 19.6. The number of imidazole rings is 1. The SMILES string of the molecule is CCSc1ccc(-c2ccc(C(F)(F)F)cc2F)nc1-c1nc2cc(C(F)(F)F)n(CC)c(=O)c2n1C. The number of fused-ring (bicyclic) bond motifs is 1. The Morgan fingerprint density at radius 2 is 1.65 bits per heavy atom. The zero-order chi connectivity index (χ0) is 27.3. The van der Waals surface area contributed by atoms with Gasteiger partial charge in [0.15, 0.2) is 5.82 Å². The minimum atomic E-state index is -4.79. The summed E-state index contributed by atoms with van der Waals surface area (Å²) in [6.45, 7) is 3.05. The first-order valence-electron chi connectivity index (χ1n) is 11.0. The van der Waals surface area contributed by atoms with Crippen molar-refractivity contribution in [3.8, 4) is 22.8 Å². The predicted octanol–water partition coefficient (Wildman–Crippen LogP) is 6.77. The zero-order valence-corrected chi connectivity index (χ0v) is 20.4. The second-order valence-corrected chi connectivity index (χ2v) is 9.28. The number of nitrogens with zero attached hydrogens (tertiary/aromatic N) is 4. The summed E-state index contributed by atoms with van der Waals surface area (Å²) in [7, 11) is 1.45. The summed E-state index contributed by atoms with van der Waals surface area (Å²) in [5.74, 6) is -0.512. The van der Waals surface area contributed by atoms with E-state index in [0.29, 0.717) is 21.3 Å². The average molecular weight is 544 g/mol. The van der Waals surface area contributed by atoms with Crippen molar-refractivity contribution in [3.05, 3.63) is 63.8 Å². The van der Waals surface area contributed by atoms with Crippen molar-refractivity contribution in [3.63, 3.8) is 0 Å². The van der Waals surface area contributed by atoms with E-state index in [9.17, 15) is 35.5 Å².